The van der Waals surface area contributed by atoms with Crippen molar-refractivity contribution >= 4 is 0 Å². The van der Waals surface area contributed by atoms with Gasteiger partial charge in [-0.2, -0.15) is 13.2 Å². The first-order valence-corrected chi connectivity index (χ1v) is 6.61. The van der Waals surface area contributed by atoms with Gasteiger partial charge in [-0.05, 0) is 38.5 Å². The van der Waals surface area contributed by atoms with Crippen molar-refractivity contribution in [2.45, 2.75) is 39.5 Å². The molecule has 0 amide bonds. The molecule has 0 aliphatic heterocycles. The van der Waals surface area contributed by atoms with Crippen LogP contribution >= 0.6 is 0 Å². The quantitative estimate of drug-likeness (QED) is 0.921. The maximum Gasteiger partial charge on any atom is 0.416 e. The Hall–Kier alpha value is -1.82. The summed E-state index contributed by atoms with van der Waals surface area (Å²) in [4.78, 5) is 4.24. The fourth-order valence-corrected chi connectivity index (χ4v) is 1.93. The minimum atomic E-state index is -4.30. The second-order valence-electron chi connectivity index (χ2n) is 4.97. The van der Waals surface area contributed by atoms with Crippen molar-refractivity contribution in [1.82, 2.24) is 10.3 Å². The van der Waals surface area contributed by atoms with Gasteiger partial charge in [-0.3, -0.25) is 0 Å². The number of oxazole rings is 1. The second-order valence-corrected chi connectivity index (χ2v) is 4.97. The minimum absolute atomic E-state index is 0.0974. The fourth-order valence-electron chi connectivity index (χ4n) is 1.93. The van der Waals surface area contributed by atoms with Crippen LogP contribution in [0.4, 0.5) is 13.2 Å². The van der Waals surface area contributed by atoms with Crippen LogP contribution in [0.25, 0.3) is 0 Å². The fraction of sp³-hybridized carbons (Fsp3) is 0.400. The third-order valence-electron chi connectivity index (χ3n) is 3.37. The van der Waals surface area contributed by atoms with E-state index < -0.39 is 11.7 Å². The average molecular weight is 298 g/mol. The monoisotopic (exact) mass is 298 g/mol. The lowest BCUT2D eigenvalue weighted by Gasteiger charge is -2.14. The molecule has 1 atom stereocenters. The highest BCUT2D eigenvalue weighted by Gasteiger charge is 2.30. The molecule has 0 radical (unpaired) electrons. The third-order valence-corrected chi connectivity index (χ3v) is 3.37. The molecule has 0 bridgehead atoms. The first kappa shape index (κ1) is 15.6. The van der Waals surface area contributed by atoms with E-state index in [1.807, 2.05) is 20.8 Å². The summed E-state index contributed by atoms with van der Waals surface area (Å²) in [5.41, 5.74) is 0.981. The van der Waals surface area contributed by atoms with Crippen molar-refractivity contribution in [2.75, 3.05) is 0 Å². The van der Waals surface area contributed by atoms with Crippen molar-refractivity contribution in [2.24, 2.45) is 0 Å². The number of nitrogens with zero attached hydrogens (tertiary/aromatic N) is 1. The SMILES string of the molecule is Cc1nc(CNC(C)c2ccc(C(F)(F)F)cc2)oc1C. The summed E-state index contributed by atoms with van der Waals surface area (Å²) in [6.45, 7) is 6.01. The number of halogens is 3. The summed E-state index contributed by atoms with van der Waals surface area (Å²) in [7, 11) is 0. The van der Waals surface area contributed by atoms with Gasteiger partial charge in [0.1, 0.15) is 5.76 Å². The Kier molecular flexibility index (Phi) is 4.37. The van der Waals surface area contributed by atoms with E-state index >= 15 is 0 Å². The Balaban J connectivity index is 1.98. The maximum absolute atomic E-state index is 12.5. The normalized spacial score (nSPS) is 13.4. The summed E-state index contributed by atoms with van der Waals surface area (Å²) in [6, 6.07) is 5.04. The Bertz CT molecular complexity index is 583. The first-order chi connectivity index (χ1) is 9.77. The van der Waals surface area contributed by atoms with Gasteiger partial charge >= 0.3 is 6.18 Å². The van der Waals surface area contributed by atoms with Gasteiger partial charge < -0.3 is 9.73 Å². The van der Waals surface area contributed by atoms with Gasteiger partial charge in [-0.1, -0.05) is 12.1 Å². The lowest BCUT2D eigenvalue weighted by molar-refractivity contribution is -0.137. The van der Waals surface area contributed by atoms with Gasteiger partial charge in [0.2, 0.25) is 5.89 Å². The zero-order valence-electron chi connectivity index (χ0n) is 12.1. The number of benzene rings is 1. The van der Waals surface area contributed by atoms with Crippen molar-refractivity contribution < 1.29 is 17.6 Å². The van der Waals surface area contributed by atoms with Gasteiger partial charge in [0, 0.05) is 6.04 Å². The average Bonchev–Trinajstić information content (AvgIpc) is 2.74. The van der Waals surface area contributed by atoms with E-state index in [1.165, 1.54) is 12.1 Å². The molecule has 0 spiro atoms. The molecule has 1 heterocycles. The lowest BCUT2D eigenvalue weighted by Crippen LogP contribution is -2.18. The Labute approximate surface area is 121 Å². The van der Waals surface area contributed by atoms with E-state index in [0.717, 1.165) is 29.2 Å². The number of aromatic nitrogens is 1. The van der Waals surface area contributed by atoms with Crippen LogP contribution in [0.1, 0.15) is 41.4 Å². The predicted octanol–water partition coefficient (Wildman–Crippen LogP) is 4.16. The zero-order valence-corrected chi connectivity index (χ0v) is 12.1. The number of hydrogen-bond acceptors (Lipinski definition) is 3. The molecular formula is C15H17F3N2O. The van der Waals surface area contributed by atoms with Gasteiger partial charge in [0.05, 0.1) is 17.8 Å². The van der Waals surface area contributed by atoms with Crippen LogP contribution in [0, 0.1) is 13.8 Å². The van der Waals surface area contributed by atoms with Gasteiger partial charge in [-0.25, -0.2) is 4.98 Å². The topological polar surface area (TPSA) is 38.1 Å². The van der Waals surface area contributed by atoms with Crippen LogP contribution in [-0.2, 0) is 12.7 Å². The van der Waals surface area contributed by atoms with E-state index in [9.17, 15) is 13.2 Å². The van der Waals surface area contributed by atoms with Crippen LogP contribution in [0.2, 0.25) is 0 Å². The molecule has 0 aliphatic rings. The van der Waals surface area contributed by atoms with E-state index in [2.05, 4.69) is 10.3 Å². The number of aryl methyl sites for hydroxylation is 2. The highest BCUT2D eigenvalue weighted by atomic mass is 19.4. The standard InChI is InChI=1S/C15H17F3N2O/c1-9-11(3)21-14(20-9)8-19-10(2)12-4-6-13(7-5-12)15(16,17)18/h4-7,10,19H,8H2,1-3H3. The number of hydrogen-bond donors (Lipinski definition) is 1. The van der Waals surface area contributed by atoms with Gasteiger partial charge in [0.15, 0.2) is 0 Å². The van der Waals surface area contributed by atoms with Crippen LogP contribution in [0.15, 0.2) is 28.7 Å². The highest BCUT2D eigenvalue weighted by Crippen LogP contribution is 2.29. The van der Waals surface area contributed by atoms with Gasteiger partial charge in [-0.15, -0.1) is 0 Å². The molecule has 0 saturated heterocycles. The predicted molar refractivity (Wildman–Crippen MR) is 72.7 cm³/mol. The molecule has 21 heavy (non-hydrogen) atoms. The molecule has 1 N–H and O–H groups in total. The van der Waals surface area contributed by atoms with Crippen molar-refractivity contribution in [3.8, 4) is 0 Å². The van der Waals surface area contributed by atoms with E-state index in [-0.39, 0.29) is 6.04 Å². The molecule has 2 aromatic rings. The molecule has 0 saturated carbocycles. The molecule has 0 aliphatic carbocycles. The van der Waals surface area contributed by atoms with Crippen LogP contribution in [0.3, 0.4) is 0 Å². The lowest BCUT2D eigenvalue weighted by atomic mass is 10.1. The third kappa shape index (κ3) is 3.85. The van der Waals surface area contributed by atoms with Crippen molar-refractivity contribution in [1.29, 1.82) is 0 Å². The molecule has 3 nitrogen and oxygen atoms in total. The number of alkyl halides is 3. The Morgan fingerprint density at radius 1 is 1.19 bits per heavy atom. The molecule has 1 aromatic heterocycles. The Morgan fingerprint density at radius 2 is 1.81 bits per heavy atom. The number of nitrogens with one attached hydrogen (secondary N) is 1. The summed E-state index contributed by atoms with van der Waals surface area (Å²) in [5.74, 6) is 1.35. The Morgan fingerprint density at radius 3 is 2.29 bits per heavy atom. The first-order valence-electron chi connectivity index (χ1n) is 6.61. The van der Waals surface area contributed by atoms with Crippen LogP contribution in [-0.4, -0.2) is 4.98 Å². The molecule has 1 unspecified atom stereocenters. The number of rotatable bonds is 4. The molecule has 0 fully saturated rings. The largest absolute Gasteiger partial charge is 0.444 e. The van der Waals surface area contributed by atoms with Crippen LogP contribution in [0.5, 0.6) is 0 Å². The highest BCUT2D eigenvalue weighted by molar-refractivity contribution is 5.26. The second kappa shape index (κ2) is 5.89. The molecule has 2 rings (SSSR count). The minimum Gasteiger partial charge on any atom is -0.444 e. The van der Waals surface area contributed by atoms with Crippen LogP contribution < -0.4 is 5.32 Å². The van der Waals surface area contributed by atoms with E-state index in [4.69, 9.17) is 4.42 Å². The van der Waals surface area contributed by atoms with Crippen molar-refractivity contribution in [3.05, 3.63) is 52.7 Å². The summed E-state index contributed by atoms with van der Waals surface area (Å²) >= 11 is 0. The van der Waals surface area contributed by atoms with Gasteiger partial charge in [0.25, 0.3) is 0 Å². The molecule has 6 heteroatoms. The molecule has 114 valence electrons. The summed E-state index contributed by atoms with van der Waals surface area (Å²) < 4.78 is 42.9. The van der Waals surface area contributed by atoms with Crippen molar-refractivity contribution in [3.63, 3.8) is 0 Å². The molecular weight excluding hydrogens is 281 g/mol. The zero-order chi connectivity index (χ0) is 15.6. The maximum atomic E-state index is 12.5. The summed E-state index contributed by atoms with van der Waals surface area (Å²) in [5, 5.41) is 3.18. The summed E-state index contributed by atoms with van der Waals surface area (Å²) in [6.07, 6.45) is -4.30. The molecule has 1 aromatic carbocycles. The smallest absolute Gasteiger partial charge is 0.416 e. The van der Waals surface area contributed by atoms with E-state index in [1.54, 1.807) is 0 Å². The van der Waals surface area contributed by atoms with E-state index in [0.29, 0.717) is 12.4 Å².